The van der Waals surface area contributed by atoms with Crippen LogP contribution >= 0.6 is 0 Å². The summed E-state index contributed by atoms with van der Waals surface area (Å²) in [5.74, 6) is -1.40. The van der Waals surface area contributed by atoms with Crippen LogP contribution in [0.3, 0.4) is 0 Å². The van der Waals surface area contributed by atoms with Crippen molar-refractivity contribution < 1.29 is 23.1 Å². The number of aliphatic carboxylic acids is 1. The van der Waals surface area contributed by atoms with Gasteiger partial charge in [-0.25, -0.2) is 8.42 Å². The molecule has 2 N–H and O–H groups in total. The van der Waals surface area contributed by atoms with Crippen LogP contribution in [0.15, 0.2) is 29.2 Å². The van der Waals surface area contributed by atoms with Crippen LogP contribution < -0.4 is 4.72 Å². The molecule has 104 valence electrons. The summed E-state index contributed by atoms with van der Waals surface area (Å²) in [5.41, 5.74) is 0.393. The van der Waals surface area contributed by atoms with Crippen molar-refractivity contribution >= 4 is 21.8 Å². The molecule has 7 heteroatoms. The first kappa shape index (κ1) is 15.3. The normalized spacial score (nSPS) is 12.9. The van der Waals surface area contributed by atoms with E-state index < -0.39 is 22.0 Å². The van der Waals surface area contributed by atoms with Crippen LogP contribution in [-0.4, -0.2) is 31.3 Å². The number of carboxylic acid groups (broad SMARTS) is 1. The lowest BCUT2D eigenvalue weighted by molar-refractivity contribution is -0.139. The third-order valence-electron chi connectivity index (χ3n) is 2.57. The highest BCUT2D eigenvalue weighted by Crippen LogP contribution is 2.12. The van der Waals surface area contributed by atoms with Gasteiger partial charge in [-0.15, -0.1) is 0 Å². The SMILES string of the molecule is CC[C@@H](NS(=O)(=O)c1ccc(C(C)=O)cc1)C(=O)O. The third-order valence-corrected chi connectivity index (χ3v) is 4.06. The number of rotatable bonds is 6. The maximum atomic E-state index is 11.9. The molecule has 1 aromatic carbocycles. The Kier molecular flexibility index (Phi) is 4.79. The molecule has 0 spiro atoms. The smallest absolute Gasteiger partial charge is 0.321 e. The molecule has 1 atom stereocenters. The molecule has 0 aliphatic carbocycles. The Morgan fingerprint density at radius 3 is 2.16 bits per heavy atom. The maximum absolute atomic E-state index is 11.9. The van der Waals surface area contributed by atoms with Gasteiger partial charge in [0, 0.05) is 5.56 Å². The fraction of sp³-hybridized carbons (Fsp3) is 0.333. The highest BCUT2D eigenvalue weighted by molar-refractivity contribution is 7.89. The van der Waals surface area contributed by atoms with E-state index in [1.807, 2.05) is 0 Å². The van der Waals surface area contributed by atoms with Gasteiger partial charge in [0.05, 0.1) is 4.90 Å². The first-order valence-electron chi connectivity index (χ1n) is 5.64. The van der Waals surface area contributed by atoms with Crippen LogP contribution in [0, 0.1) is 0 Å². The molecule has 0 aromatic heterocycles. The lowest BCUT2D eigenvalue weighted by atomic mass is 10.2. The van der Waals surface area contributed by atoms with Crippen LogP contribution in [0.5, 0.6) is 0 Å². The van der Waals surface area contributed by atoms with E-state index in [1.54, 1.807) is 6.92 Å². The summed E-state index contributed by atoms with van der Waals surface area (Å²) in [6, 6.07) is 4.15. The molecular weight excluding hydrogens is 270 g/mol. The molecule has 1 rings (SSSR count). The number of hydrogen-bond donors (Lipinski definition) is 2. The van der Waals surface area contributed by atoms with Crippen LogP contribution in [0.4, 0.5) is 0 Å². The predicted molar refractivity (Wildman–Crippen MR) is 68.5 cm³/mol. The number of sulfonamides is 1. The standard InChI is InChI=1S/C12H15NO5S/c1-3-11(12(15)16)13-19(17,18)10-6-4-9(5-7-10)8(2)14/h4-7,11,13H,3H2,1-2H3,(H,15,16)/t11-/m1/s1. The van der Waals surface area contributed by atoms with Crippen molar-refractivity contribution in [1.82, 2.24) is 4.72 Å². The molecule has 0 aliphatic heterocycles. The predicted octanol–water partition coefficient (Wildman–Crippen LogP) is 1.03. The number of nitrogens with one attached hydrogen (secondary N) is 1. The molecule has 0 fully saturated rings. The van der Waals surface area contributed by atoms with E-state index in [0.717, 1.165) is 0 Å². The molecule has 0 saturated heterocycles. The van der Waals surface area contributed by atoms with Crippen molar-refractivity contribution in [2.75, 3.05) is 0 Å². The molecule has 0 amide bonds. The highest BCUT2D eigenvalue weighted by atomic mass is 32.2. The molecule has 6 nitrogen and oxygen atoms in total. The van der Waals surface area contributed by atoms with Crippen molar-refractivity contribution in [3.63, 3.8) is 0 Å². The first-order chi connectivity index (χ1) is 8.77. The van der Waals surface area contributed by atoms with E-state index in [2.05, 4.69) is 4.72 Å². The van der Waals surface area contributed by atoms with Gasteiger partial charge in [0.1, 0.15) is 6.04 Å². The van der Waals surface area contributed by atoms with Crippen molar-refractivity contribution in [2.24, 2.45) is 0 Å². The van der Waals surface area contributed by atoms with Gasteiger partial charge in [-0.05, 0) is 25.5 Å². The van der Waals surface area contributed by atoms with Crippen LogP contribution in [0.2, 0.25) is 0 Å². The van der Waals surface area contributed by atoms with Gasteiger partial charge < -0.3 is 5.11 Å². The summed E-state index contributed by atoms with van der Waals surface area (Å²) < 4.78 is 26.0. The zero-order valence-electron chi connectivity index (χ0n) is 10.6. The Hall–Kier alpha value is -1.73. The van der Waals surface area contributed by atoms with Crippen LogP contribution in [-0.2, 0) is 14.8 Å². The van der Waals surface area contributed by atoms with Gasteiger partial charge in [-0.2, -0.15) is 4.72 Å². The number of hydrogen-bond acceptors (Lipinski definition) is 4. The van der Waals surface area contributed by atoms with Crippen molar-refractivity contribution in [1.29, 1.82) is 0 Å². The minimum absolute atomic E-state index is 0.0720. The number of carbonyl (C=O) groups excluding carboxylic acids is 1. The van der Waals surface area contributed by atoms with Crippen LogP contribution in [0.1, 0.15) is 30.6 Å². The molecule has 0 heterocycles. The van der Waals surface area contributed by atoms with Gasteiger partial charge in [-0.1, -0.05) is 19.1 Å². The average molecular weight is 285 g/mol. The summed E-state index contributed by atoms with van der Waals surface area (Å²) in [6.45, 7) is 2.94. The second-order valence-corrected chi connectivity index (χ2v) is 5.71. The average Bonchev–Trinajstić information content (AvgIpc) is 2.35. The van der Waals surface area contributed by atoms with E-state index in [1.165, 1.54) is 31.2 Å². The van der Waals surface area contributed by atoms with Crippen molar-refractivity contribution in [3.05, 3.63) is 29.8 Å². The summed E-state index contributed by atoms with van der Waals surface area (Å²) in [5, 5.41) is 8.83. The summed E-state index contributed by atoms with van der Waals surface area (Å²) >= 11 is 0. The fourth-order valence-corrected chi connectivity index (χ4v) is 2.71. The fourth-order valence-electron chi connectivity index (χ4n) is 1.43. The minimum atomic E-state index is -3.90. The Bertz CT molecular complexity index is 577. The molecule has 0 radical (unpaired) electrons. The molecule has 1 aromatic rings. The largest absolute Gasteiger partial charge is 0.480 e. The molecule has 0 aliphatic rings. The van der Waals surface area contributed by atoms with E-state index in [-0.39, 0.29) is 17.1 Å². The number of carboxylic acids is 1. The van der Waals surface area contributed by atoms with Crippen LogP contribution in [0.25, 0.3) is 0 Å². The second-order valence-electron chi connectivity index (χ2n) is 4.00. The van der Waals surface area contributed by atoms with E-state index in [0.29, 0.717) is 5.56 Å². The Morgan fingerprint density at radius 2 is 1.79 bits per heavy atom. The number of Topliss-reactive ketones (excluding diaryl/α,β-unsaturated/α-hetero) is 1. The zero-order valence-corrected chi connectivity index (χ0v) is 11.4. The lowest BCUT2D eigenvalue weighted by Gasteiger charge is -2.12. The zero-order chi connectivity index (χ0) is 14.6. The van der Waals surface area contributed by atoms with E-state index >= 15 is 0 Å². The molecule has 0 saturated carbocycles. The lowest BCUT2D eigenvalue weighted by Crippen LogP contribution is -2.40. The molecule has 0 bridgehead atoms. The number of carbonyl (C=O) groups is 2. The minimum Gasteiger partial charge on any atom is -0.480 e. The van der Waals surface area contributed by atoms with Gasteiger partial charge >= 0.3 is 5.97 Å². The quantitative estimate of drug-likeness (QED) is 0.760. The van der Waals surface area contributed by atoms with Gasteiger partial charge in [-0.3, -0.25) is 9.59 Å². The number of ketones is 1. The monoisotopic (exact) mass is 285 g/mol. The van der Waals surface area contributed by atoms with Crippen molar-refractivity contribution in [2.45, 2.75) is 31.2 Å². The van der Waals surface area contributed by atoms with Gasteiger partial charge in [0.15, 0.2) is 5.78 Å². The van der Waals surface area contributed by atoms with Gasteiger partial charge in [0.25, 0.3) is 0 Å². The summed E-state index contributed by atoms with van der Waals surface area (Å²) in [7, 11) is -3.90. The maximum Gasteiger partial charge on any atom is 0.321 e. The molecule has 0 unspecified atom stereocenters. The van der Waals surface area contributed by atoms with E-state index in [4.69, 9.17) is 5.11 Å². The van der Waals surface area contributed by atoms with Gasteiger partial charge in [0.2, 0.25) is 10.0 Å². The highest BCUT2D eigenvalue weighted by Gasteiger charge is 2.23. The first-order valence-corrected chi connectivity index (χ1v) is 7.12. The molecular formula is C12H15NO5S. The Morgan fingerprint density at radius 1 is 1.26 bits per heavy atom. The topological polar surface area (TPSA) is 101 Å². The summed E-state index contributed by atoms with van der Waals surface area (Å²) in [6.07, 6.45) is 0.139. The van der Waals surface area contributed by atoms with E-state index in [9.17, 15) is 18.0 Å². The third kappa shape index (κ3) is 3.87. The summed E-state index contributed by atoms with van der Waals surface area (Å²) in [4.78, 5) is 21.8. The van der Waals surface area contributed by atoms with Crippen molar-refractivity contribution in [3.8, 4) is 0 Å². The Labute approximate surface area is 111 Å². The Balaban J connectivity index is 3.00. The second kappa shape index (κ2) is 5.94. The number of benzene rings is 1. The molecule has 19 heavy (non-hydrogen) atoms.